The first-order chi connectivity index (χ1) is 8.56. The van der Waals surface area contributed by atoms with Crippen LogP contribution in [0, 0.1) is 0 Å². The van der Waals surface area contributed by atoms with Crippen LogP contribution >= 0.6 is 11.3 Å². The van der Waals surface area contributed by atoms with Crippen molar-refractivity contribution in [1.29, 1.82) is 0 Å². The molecule has 1 aromatic rings. The van der Waals surface area contributed by atoms with Crippen LogP contribution in [-0.2, 0) is 0 Å². The Morgan fingerprint density at radius 1 is 1.56 bits per heavy atom. The molecule has 1 heterocycles. The summed E-state index contributed by atoms with van der Waals surface area (Å²) in [5, 5.41) is 7.13. The molecule has 0 spiro atoms. The molecule has 0 atom stereocenters. The molecule has 1 fully saturated rings. The van der Waals surface area contributed by atoms with Crippen LogP contribution in [0.5, 0.6) is 0 Å². The third-order valence-electron chi connectivity index (χ3n) is 2.67. The molecule has 1 aliphatic rings. The lowest BCUT2D eigenvalue weighted by Crippen LogP contribution is -2.25. The lowest BCUT2D eigenvalue weighted by atomic mass is 10.3. The Kier molecular flexibility index (Phi) is 3.91. The minimum atomic E-state index is -0.0461. The molecule has 2 rings (SSSR count). The summed E-state index contributed by atoms with van der Waals surface area (Å²) in [6.45, 7) is 4.87. The highest BCUT2D eigenvalue weighted by atomic mass is 32.1. The second kappa shape index (κ2) is 5.44. The summed E-state index contributed by atoms with van der Waals surface area (Å²) in [7, 11) is 0. The predicted molar refractivity (Wildman–Crippen MR) is 77.1 cm³/mol. The number of thiophene rings is 1. The van der Waals surface area contributed by atoms with Gasteiger partial charge in [-0.3, -0.25) is 4.79 Å². The Bertz CT molecular complexity index is 471. The zero-order chi connectivity index (χ0) is 13.1. The summed E-state index contributed by atoms with van der Waals surface area (Å²) >= 11 is 1.41. The number of anilines is 2. The zero-order valence-electron chi connectivity index (χ0n) is 10.7. The number of carbonyl (C=O) groups excluding carboxylic acids is 1. The van der Waals surface area contributed by atoms with E-state index in [0.29, 0.717) is 16.6 Å². The second-order valence-corrected chi connectivity index (χ2v) is 5.86. The van der Waals surface area contributed by atoms with Crippen LogP contribution in [0.1, 0.15) is 36.4 Å². The number of amides is 1. The topological polar surface area (TPSA) is 67.1 Å². The van der Waals surface area contributed by atoms with Gasteiger partial charge in [-0.2, -0.15) is 0 Å². The first kappa shape index (κ1) is 13.0. The summed E-state index contributed by atoms with van der Waals surface area (Å²) in [5.41, 5.74) is 7.68. The molecule has 4 N–H and O–H groups in total. The van der Waals surface area contributed by atoms with Crippen LogP contribution in [0.3, 0.4) is 0 Å². The number of nitrogens with one attached hydrogen (secondary N) is 2. The Balaban J connectivity index is 1.97. The highest BCUT2D eigenvalue weighted by Crippen LogP contribution is 2.30. The molecule has 1 saturated carbocycles. The van der Waals surface area contributed by atoms with E-state index in [0.717, 1.165) is 24.4 Å². The van der Waals surface area contributed by atoms with Gasteiger partial charge >= 0.3 is 0 Å². The van der Waals surface area contributed by atoms with E-state index in [4.69, 9.17) is 5.73 Å². The molecule has 1 aliphatic carbocycles. The van der Waals surface area contributed by atoms with Crippen molar-refractivity contribution in [1.82, 2.24) is 5.32 Å². The van der Waals surface area contributed by atoms with Gasteiger partial charge in [0, 0.05) is 12.6 Å². The van der Waals surface area contributed by atoms with Crippen molar-refractivity contribution in [2.45, 2.75) is 32.7 Å². The number of hydrogen-bond donors (Lipinski definition) is 3. The number of hydrogen-bond acceptors (Lipinski definition) is 4. The van der Waals surface area contributed by atoms with Gasteiger partial charge in [-0.25, -0.2) is 0 Å². The van der Waals surface area contributed by atoms with Crippen molar-refractivity contribution in [3.8, 4) is 0 Å². The molecule has 0 unspecified atom stereocenters. The van der Waals surface area contributed by atoms with Crippen LogP contribution < -0.4 is 16.4 Å². The summed E-state index contributed by atoms with van der Waals surface area (Å²) in [5.74, 6) is -0.0461. The van der Waals surface area contributed by atoms with Gasteiger partial charge in [0.05, 0.1) is 10.7 Å². The van der Waals surface area contributed by atoms with Gasteiger partial charge in [-0.15, -0.1) is 11.3 Å². The number of rotatable bonds is 5. The molecule has 18 heavy (non-hydrogen) atoms. The van der Waals surface area contributed by atoms with E-state index in [1.54, 1.807) is 0 Å². The third kappa shape index (κ3) is 3.50. The van der Waals surface area contributed by atoms with Crippen LogP contribution in [0.4, 0.5) is 10.7 Å². The fraction of sp³-hybridized carbons (Fsp3) is 0.462. The molecular weight excluding hydrogens is 246 g/mol. The Morgan fingerprint density at radius 3 is 2.89 bits per heavy atom. The van der Waals surface area contributed by atoms with E-state index in [2.05, 4.69) is 30.6 Å². The lowest BCUT2D eigenvalue weighted by Gasteiger charge is -2.01. The minimum absolute atomic E-state index is 0.0461. The molecule has 0 aromatic carbocycles. The molecule has 0 saturated heterocycles. The average molecular weight is 265 g/mol. The largest absolute Gasteiger partial charge is 0.397 e. The maximum absolute atomic E-state index is 11.9. The molecule has 0 bridgehead atoms. The van der Waals surface area contributed by atoms with Gasteiger partial charge < -0.3 is 16.4 Å². The van der Waals surface area contributed by atoms with Crippen molar-refractivity contribution in [2.24, 2.45) is 0 Å². The normalized spacial score (nSPS) is 14.1. The highest BCUT2D eigenvalue weighted by molar-refractivity contribution is 7.18. The standard InChI is InChI=1S/C13H19N3OS/c1-8(2)5-6-15-11-7-10(14)12(18-11)13(17)16-9-3-4-9/h5,7,9,15H,3-4,6,14H2,1-2H3,(H,16,17). The minimum Gasteiger partial charge on any atom is -0.397 e. The quantitative estimate of drug-likeness (QED) is 0.717. The van der Waals surface area contributed by atoms with E-state index >= 15 is 0 Å². The van der Waals surface area contributed by atoms with Crippen molar-refractivity contribution < 1.29 is 4.79 Å². The van der Waals surface area contributed by atoms with E-state index in [1.165, 1.54) is 16.9 Å². The maximum Gasteiger partial charge on any atom is 0.263 e. The van der Waals surface area contributed by atoms with Gasteiger partial charge in [0.2, 0.25) is 0 Å². The Labute approximate surface area is 111 Å². The molecule has 0 aliphatic heterocycles. The van der Waals surface area contributed by atoms with Crippen molar-refractivity contribution in [3.63, 3.8) is 0 Å². The molecule has 4 nitrogen and oxygen atoms in total. The number of nitrogens with two attached hydrogens (primary N) is 1. The predicted octanol–water partition coefficient (Wildman–Crippen LogP) is 2.60. The van der Waals surface area contributed by atoms with E-state index in [-0.39, 0.29) is 5.91 Å². The Hall–Kier alpha value is -1.49. The van der Waals surface area contributed by atoms with Gasteiger partial charge in [-0.05, 0) is 32.8 Å². The van der Waals surface area contributed by atoms with Crippen molar-refractivity contribution in [2.75, 3.05) is 17.6 Å². The van der Waals surface area contributed by atoms with Gasteiger partial charge in [-0.1, -0.05) is 11.6 Å². The van der Waals surface area contributed by atoms with Crippen LogP contribution in [0.15, 0.2) is 17.7 Å². The first-order valence-electron chi connectivity index (χ1n) is 6.13. The molecule has 5 heteroatoms. The van der Waals surface area contributed by atoms with E-state index in [9.17, 15) is 4.79 Å². The third-order valence-corrected chi connectivity index (χ3v) is 3.77. The van der Waals surface area contributed by atoms with E-state index < -0.39 is 0 Å². The lowest BCUT2D eigenvalue weighted by molar-refractivity contribution is 0.0956. The monoisotopic (exact) mass is 265 g/mol. The fourth-order valence-corrected chi connectivity index (χ4v) is 2.39. The summed E-state index contributed by atoms with van der Waals surface area (Å²) < 4.78 is 0. The summed E-state index contributed by atoms with van der Waals surface area (Å²) in [6.07, 6.45) is 4.27. The van der Waals surface area contributed by atoms with Gasteiger partial charge in [0.1, 0.15) is 4.88 Å². The SMILES string of the molecule is CC(C)=CCNc1cc(N)c(C(=O)NC2CC2)s1. The number of carbonyl (C=O) groups is 1. The maximum atomic E-state index is 11.9. The van der Waals surface area contributed by atoms with Crippen molar-refractivity contribution >= 4 is 27.9 Å². The fourth-order valence-electron chi connectivity index (χ4n) is 1.50. The summed E-state index contributed by atoms with van der Waals surface area (Å²) in [6, 6.07) is 2.19. The zero-order valence-corrected chi connectivity index (χ0v) is 11.6. The second-order valence-electron chi connectivity index (χ2n) is 4.81. The first-order valence-corrected chi connectivity index (χ1v) is 6.95. The van der Waals surface area contributed by atoms with Gasteiger partial charge in [0.15, 0.2) is 0 Å². The number of allylic oxidation sites excluding steroid dienone is 1. The Morgan fingerprint density at radius 2 is 2.28 bits per heavy atom. The van der Waals surface area contributed by atoms with Crippen molar-refractivity contribution in [3.05, 3.63) is 22.6 Å². The van der Waals surface area contributed by atoms with Crippen LogP contribution in [0.2, 0.25) is 0 Å². The van der Waals surface area contributed by atoms with Crippen LogP contribution in [0.25, 0.3) is 0 Å². The molecule has 1 amide bonds. The molecule has 0 radical (unpaired) electrons. The molecule has 98 valence electrons. The van der Waals surface area contributed by atoms with Crippen LogP contribution in [-0.4, -0.2) is 18.5 Å². The number of nitrogen functional groups attached to an aromatic ring is 1. The highest BCUT2D eigenvalue weighted by Gasteiger charge is 2.25. The van der Waals surface area contributed by atoms with Gasteiger partial charge in [0.25, 0.3) is 5.91 Å². The average Bonchev–Trinajstić information content (AvgIpc) is 3.01. The molecular formula is C13H19N3OS. The smallest absolute Gasteiger partial charge is 0.263 e. The summed E-state index contributed by atoms with van der Waals surface area (Å²) in [4.78, 5) is 12.5. The molecule has 1 aromatic heterocycles. The van der Waals surface area contributed by atoms with E-state index in [1.807, 2.05) is 6.07 Å².